The minimum atomic E-state index is -0.258. The van der Waals surface area contributed by atoms with Gasteiger partial charge in [0.1, 0.15) is 6.10 Å². The minimum absolute atomic E-state index is 0.00913. The van der Waals surface area contributed by atoms with Crippen molar-refractivity contribution in [3.8, 4) is 5.88 Å². The van der Waals surface area contributed by atoms with Crippen molar-refractivity contribution in [2.45, 2.75) is 26.0 Å². The third kappa shape index (κ3) is 5.34. The Morgan fingerprint density at radius 2 is 2.42 bits per heavy atom. The van der Waals surface area contributed by atoms with Gasteiger partial charge in [-0.2, -0.15) is 0 Å². The van der Waals surface area contributed by atoms with Gasteiger partial charge >= 0.3 is 0 Å². The van der Waals surface area contributed by atoms with Crippen LogP contribution in [0.1, 0.15) is 18.9 Å². The molecule has 1 aliphatic heterocycles. The molecule has 1 N–H and O–H groups in total. The lowest BCUT2D eigenvalue weighted by atomic mass is 10.2. The molecule has 1 aromatic rings. The Balaban J connectivity index is 1.83. The summed E-state index contributed by atoms with van der Waals surface area (Å²) in [6.07, 6.45) is 3.74. The molecule has 2 amide bonds. The van der Waals surface area contributed by atoms with E-state index in [4.69, 9.17) is 9.47 Å². The molecule has 130 valence electrons. The van der Waals surface area contributed by atoms with E-state index in [1.54, 1.807) is 12.3 Å². The van der Waals surface area contributed by atoms with Crippen molar-refractivity contribution < 1.29 is 19.1 Å². The Morgan fingerprint density at radius 1 is 1.58 bits per heavy atom. The molecule has 0 saturated carbocycles. The molecule has 0 radical (unpaired) electrons. The number of amides is 2. The van der Waals surface area contributed by atoms with Crippen LogP contribution in [-0.2, 0) is 20.9 Å². The highest BCUT2D eigenvalue weighted by atomic mass is 16.5. The number of likely N-dealkylation sites (N-methyl/N-ethyl adjacent to an activating group) is 1. The summed E-state index contributed by atoms with van der Waals surface area (Å²) in [6.45, 7) is 7.33. The third-order valence-electron chi connectivity index (χ3n) is 3.67. The van der Waals surface area contributed by atoms with E-state index in [2.05, 4.69) is 16.9 Å². The van der Waals surface area contributed by atoms with Gasteiger partial charge in [0.15, 0.2) is 0 Å². The monoisotopic (exact) mass is 333 g/mol. The van der Waals surface area contributed by atoms with Crippen molar-refractivity contribution in [1.29, 1.82) is 0 Å². The van der Waals surface area contributed by atoms with Crippen molar-refractivity contribution in [2.75, 3.05) is 26.3 Å². The molecule has 0 aliphatic carbocycles. The molecule has 0 spiro atoms. The molecule has 2 heterocycles. The summed E-state index contributed by atoms with van der Waals surface area (Å²) >= 11 is 0. The van der Waals surface area contributed by atoms with Crippen LogP contribution in [0.4, 0.5) is 0 Å². The van der Waals surface area contributed by atoms with E-state index in [0.29, 0.717) is 32.2 Å². The molecule has 1 aliphatic rings. The van der Waals surface area contributed by atoms with Crippen LogP contribution >= 0.6 is 0 Å². The number of carbonyl (C=O) groups excluding carboxylic acids is 2. The summed E-state index contributed by atoms with van der Waals surface area (Å²) < 4.78 is 11.0. The van der Waals surface area contributed by atoms with Crippen LogP contribution in [0.2, 0.25) is 0 Å². The van der Waals surface area contributed by atoms with Gasteiger partial charge < -0.3 is 19.7 Å². The number of hydrogen-bond acceptors (Lipinski definition) is 5. The van der Waals surface area contributed by atoms with Gasteiger partial charge in [-0.15, -0.1) is 0 Å². The Labute approximate surface area is 141 Å². The Kier molecular flexibility index (Phi) is 6.74. The second kappa shape index (κ2) is 9.02. The normalized spacial score (nSPS) is 16.5. The standard InChI is InChI=1S/C17H23N3O4/c1-3-17(22)20(4-2)11-15(21)19-10-13-5-7-18-16(9-13)24-14-6-8-23-12-14/h3,5,7,9,14H,1,4,6,8,10-12H2,2H3,(H,19,21). The summed E-state index contributed by atoms with van der Waals surface area (Å²) in [5, 5.41) is 2.79. The second-order valence-electron chi connectivity index (χ2n) is 5.44. The molecule has 7 heteroatoms. The predicted molar refractivity (Wildman–Crippen MR) is 88.4 cm³/mol. The first kappa shape index (κ1) is 17.9. The zero-order valence-corrected chi connectivity index (χ0v) is 13.9. The van der Waals surface area contributed by atoms with Gasteiger partial charge in [0.2, 0.25) is 17.7 Å². The number of nitrogens with zero attached hydrogens (tertiary/aromatic N) is 2. The zero-order chi connectivity index (χ0) is 17.4. The highest BCUT2D eigenvalue weighted by Gasteiger charge is 2.18. The molecular weight excluding hydrogens is 310 g/mol. The maximum atomic E-state index is 12.0. The quantitative estimate of drug-likeness (QED) is 0.715. The average molecular weight is 333 g/mol. The number of aromatic nitrogens is 1. The summed E-state index contributed by atoms with van der Waals surface area (Å²) in [7, 11) is 0. The molecular formula is C17H23N3O4. The van der Waals surface area contributed by atoms with E-state index in [1.807, 2.05) is 13.0 Å². The van der Waals surface area contributed by atoms with E-state index in [-0.39, 0.29) is 24.5 Å². The zero-order valence-electron chi connectivity index (χ0n) is 13.9. The number of ether oxygens (including phenoxy) is 2. The van der Waals surface area contributed by atoms with Crippen LogP contribution in [0.3, 0.4) is 0 Å². The molecule has 7 nitrogen and oxygen atoms in total. The molecule has 1 aromatic heterocycles. The van der Waals surface area contributed by atoms with Gasteiger partial charge in [-0.05, 0) is 24.6 Å². The van der Waals surface area contributed by atoms with Crippen LogP contribution in [-0.4, -0.2) is 54.1 Å². The molecule has 1 unspecified atom stereocenters. The van der Waals surface area contributed by atoms with Gasteiger partial charge in [0, 0.05) is 31.8 Å². The van der Waals surface area contributed by atoms with Gasteiger partial charge in [-0.25, -0.2) is 4.98 Å². The first-order valence-electron chi connectivity index (χ1n) is 7.99. The molecule has 1 atom stereocenters. The lowest BCUT2D eigenvalue weighted by Gasteiger charge is -2.18. The number of nitrogens with one attached hydrogen (secondary N) is 1. The fourth-order valence-corrected chi connectivity index (χ4v) is 2.31. The first-order chi connectivity index (χ1) is 11.6. The van der Waals surface area contributed by atoms with Gasteiger partial charge in [0.05, 0.1) is 19.8 Å². The van der Waals surface area contributed by atoms with Crippen LogP contribution in [0.15, 0.2) is 31.0 Å². The summed E-state index contributed by atoms with van der Waals surface area (Å²) in [5.74, 6) is 0.0378. The van der Waals surface area contributed by atoms with E-state index < -0.39 is 0 Å². The largest absolute Gasteiger partial charge is 0.472 e. The van der Waals surface area contributed by atoms with Crippen LogP contribution < -0.4 is 10.1 Å². The maximum absolute atomic E-state index is 12.0. The van der Waals surface area contributed by atoms with Crippen molar-refractivity contribution in [2.24, 2.45) is 0 Å². The van der Waals surface area contributed by atoms with E-state index in [9.17, 15) is 9.59 Å². The molecule has 0 bridgehead atoms. The topological polar surface area (TPSA) is 80.8 Å². The van der Waals surface area contributed by atoms with Crippen LogP contribution in [0.5, 0.6) is 5.88 Å². The lowest BCUT2D eigenvalue weighted by molar-refractivity contribution is -0.132. The fourth-order valence-electron chi connectivity index (χ4n) is 2.31. The Bertz CT molecular complexity index is 585. The summed E-state index contributed by atoms with van der Waals surface area (Å²) in [6, 6.07) is 3.61. The molecule has 2 rings (SSSR count). The Morgan fingerprint density at radius 3 is 3.08 bits per heavy atom. The highest BCUT2D eigenvalue weighted by molar-refractivity contribution is 5.90. The number of pyridine rings is 1. The molecule has 0 aromatic carbocycles. The van der Waals surface area contributed by atoms with E-state index in [1.165, 1.54) is 11.0 Å². The highest BCUT2D eigenvalue weighted by Crippen LogP contribution is 2.15. The predicted octanol–water partition coefficient (Wildman–Crippen LogP) is 0.900. The summed E-state index contributed by atoms with van der Waals surface area (Å²) in [5.41, 5.74) is 0.880. The number of rotatable bonds is 8. The van der Waals surface area contributed by atoms with Crippen molar-refractivity contribution >= 4 is 11.8 Å². The molecule has 1 saturated heterocycles. The van der Waals surface area contributed by atoms with E-state index in [0.717, 1.165) is 12.0 Å². The smallest absolute Gasteiger partial charge is 0.246 e. The maximum Gasteiger partial charge on any atom is 0.246 e. The first-order valence-corrected chi connectivity index (χ1v) is 7.99. The average Bonchev–Trinajstić information content (AvgIpc) is 3.10. The van der Waals surface area contributed by atoms with Crippen molar-refractivity contribution in [3.63, 3.8) is 0 Å². The Hall–Kier alpha value is -2.41. The molecule has 24 heavy (non-hydrogen) atoms. The fraction of sp³-hybridized carbons (Fsp3) is 0.471. The second-order valence-corrected chi connectivity index (χ2v) is 5.44. The number of carbonyl (C=O) groups is 2. The van der Waals surface area contributed by atoms with Crippen molar-refractivity contribution in [3.05, 3.63) is 36.5 Å². The molecule has 1 fully saturated rings. The van der Waals surface area contributed by atoms with Crippen LogP contribution in [0.25, 0.3) is 0 Å². The van der Waals surface area contributed by atoms with Gasteiger partial charge in [-0.1, -0.05) is 6.58 Å². The minimum Gasteiger partial charge on any atom is -0.472 e. The van der Waals surface area contributed by atoms with Crippen LogP contribution in [0, 0.1) is 0 Å². The van der Waals surface area contributed by atoms with Gasteiger partial charge in [0.25, 0.3) is 0 Å². The third-order valence-corrected chi connectivity index (χ3v) is 3.67. The SMILES string of the molecule is C=CC(=O)N(CC)CC(=O)NCc1ccnc(OC2CCOC2)c1. The van der Waals surface area contributed by atoms with Gasteiger partial charge in [-0.3, -0.25) is 9.59 Å². The van der Waals surface area contributed by atoms with E-state index >= 15 is 0 Å². The summed E-state index contributed by atoms with van der Waals surface area (Å²) in [4.78, 5) is 29.1. The number of hydrogen-bond donors (Lipinski definition) is 1. The van der Waals surface area contributed by atoms with Crippen molar-refractivity contribution in [1.82, 2.24) is 15.2 Å². The lowest BCUT2D eigenvalue weighted by Crippen LogP contribution is -2.39.